The predicted octanol–water partition coefficient (Wildman–Crippen LogP) is 0.270. The van der Waals surface area contributed by atoms with Crippen LogP contribution in [0.4, 0.5) is 0 Å². The Labute approximate surface area is 53.8 Å². The van der Waals surface area contributed by atoms with E-state index in [0.717, 1.165) is 5.37 Å². The Hall–Kier alpha value is 0.270. The van der Waals surface area contributed by atoms with Gasteiger partial charge >= 0.3 is 0 Å². The van der Waals surface area contributed by atoms with Crippen molar-refractivity contribution < 1.29 is 0 Å². The topological polar surface area (TPSA) is 15.3 Å². The summed E-state index contributed by atoms with van der Waals surface area (Å²) in [7, 11) is 0. The van der Waals surface area contributed by atoms with Crippen LogP contribution in [0.1, 0.15) is 6.42 Å². The van der Waals surface area contributed by atoms with Gasteiger partial charge in [-0.2, -0.15) is 0 Å². The van der Waals surface area contributed by atoms with Crippen LogP contribution in [-0.2, 0) is 0 Å². The molecule has 1 unspecified atom stereocenters. The van der Waals surface area contributed by atoms with Crippen molar-refractivity contribution in [1.29, 1.82) is 0 Å². The van der Waals surface area contributed by atoms with Crippen molar-refractivity contribution in [1.82, 2.24) is 9.62 Å². The Morgan fingerprint density at radius 3 is 2.88 bits per heavy atom. The van der Waals surface area contributed by atoms with Gasteiger partial charge in [-0.15, -0.1) is 0 Å². The van der Waals surface area contributed by atoms with Gasteiger partial charge in [0.05, 0.1) is 5.37 Å². The van der Waals surface area contributed by atoms with E-state index >= 15 is 0 Å². The molecule has 0 amide bonds. The lowest BCUT2D eigenvalue weighted by molar-refractivity contribution is 0.150. The first-order chi connectivity index (χ1) is 3.97. The van der Waals surface area contributed by atoms with Crippen molar-refractivity contribution in [3.8, 4) is 0 Å². The molecule has 0 aromatic rings. The van der Waals surface area contributed by atoms with Crippen LogP contribution in [0.25, 0.3) is 0 Å². The van der Waals surface area contributed by atoms with Crippen LogP contribution in [0.2, 0.25) is 0 Å². The van der Waals surface area contributed by atoms with Crippen LogP contribution in [0.3, 0.4) is 0 Å². The van der Waals surface area contributed by atoms with E-state index in [0.29, 0.717) is 0 Å². The summed E-state index contributed by atoms with van der Waals surface area (Å²) in [5, 5.41) is 0.823. The molecule has 2 fully saturated rings. The molecule has 0 aliphatic carbocycles. The average Bonchev–Trinajstić information content (AvgIpc) is 1.72. The third-order valence-corrected chi connectivity index (χ3v) is 2.97. The van der Waals surface area contributed by atoms with Crippen molar-refractivity contribution in [2.75, 3.05) is 19.6 Å². The fraction of sp³-hybridized carbons (Fsp3) is 1.00. The summed E-state index contributed by atoms with van der Waals surface area (Å²) in [6.07, 6.45) is 1.39. The van der Waals surface area contributed by atoms with E-state index < -0.39 is 0 Å². The molecule has 2 rings (SSSR count). The summed E-state index contributed by atoms with van der Waals surface area (Å²) >= 11 is 1.89. The normalized spacial score (nSPS) is 38.2. The molecule has 8 heavy (non-hydrogen) atoms. The summed E-state index contributed by atoms with van der Waals surface area (Å²) in [4.78, 5) is 2.52. The molecule has 3 heteroatoms. The van der Waals surface area contributed by atoms with Gasteiger partial charge in [-0.25, -0.2) is 0 Å². The molecule has 2 aliphatic rings. The maximum atomic E-state index is 3.29. The molecule has 0 radical (unpaired) electrons. The highest BCUT2D eigenvalue weighted by Gasteiger charge is 2.30. The maximum Gasteiger partial charge on any atom is 0.0716 e. The Morgan fingerprint density at radius 1 is 1.50 bits per heavy atom. The van der Waals surface area contributed by atoms with Gasteiger partial charge in [0, 0.05) is 19.6 Å². The first-order valence-electron chi connectivity index (χ1n) is 3.09. The Balaban J connectivity index is 1.92. The second kappa shape index (κ2) is 1.90. The minimum Gasteiger partial charge on any atom is -0.289 e. The molecule has 2 aliphatic heterocycles. The summed E-state index contributed by atoms with van der Waals surface area (Å²) in [5.41, 5.74) is 0. The highest BCUT2D eigenvalue weighted by Crippen LogP contribution is 2.27. The molecule has 46 valence electrons. The van der Waals surface area contributed by atoms with Crippen molar-refractivity contribution in [2.24, 2.45) is 0 Å². The lowest BCUT2D eigenvalue weighted by Gasteiger charge is -2.43. The summed E-state index contributed by atoms with van der Waals surface area (Å²) in [6, 6.07) is 0. The molecule has 0 spiro atoms. The average molecular weight is 130 g/mol. The van der Waals surface area contributed by atoms with Crippen LogP contribution in [0.15, 0.2) is 0 Å². The monoisotopic (exact) mass is 130 g/mol. The Bertz CT molecular complexity index is 84.4. The van der Waals surface area contributed by atoms with Gasteiger partial charge in [-0.1, -0.05) is 11.9 Å². The number of nitrogens with zero attached hydrogens (tertiary/aromatic N) is 1. The molecule has 1 atom stereocenters. The molecule has 2 heterocycles. The predicted molar refractivity (Wildman–Crippen MR) is 35.6 cm³/mol. The fourth-order valence-corrected chi connectivity index (χ4v) is 2.14. The number of hydrogen-bond acceptors (Lipinski definition) is 3. The van der Waals surface area contributed by atoms with Gasteiger partial charge < -0.3 is 0 Å². The molecule has 0 bridgehead atoms. The highest BCUT2D eigenvalue weighted by molar-refractivity contribution is 7.98. The second-order valence-corrected chi connectivity index (χ2v) is 3.36. The van der Waals surface area contributed by atoms with E-state index in [-0.39, 0.29) is 0 Å². The van der Waals surface area contributed by atoms with Crippen molar-refractivity contribution in [2.45, 2.75) is 11.8 Å². The van der Waals surface area contributed by atoms with E-state index in [9.17, 15) is 0 Å². The van der Waals surface area contributed by atoms with Gasteiger partial charge in [0.15, 0.2) is 0 Å². The minimum absolute atomic E-state index is 0.823. The Kier molecular flexibility index (Phi) is 1.21. The van der Waals surface area contributed by atoms with Crippen LogP contribution >= 0.6 is 11.9 Å². The van der Waals surface area contributed by atoms with Gasteiger partial charge in [-0.3, -0.25) is 9.62 Å². The SMILES string of the molecule is C1CN2CCC2SN1. The second-order valence-electron chi connectivity index (χ2n) is 2.29. The number of rotatable bonds is 0. The molecule has 1 N–H and O–H groups in total. The van der Waals surface area contributed by atoms with E-state index in [2.05, 4.69) is 9.62 Å². The van der Waals surface area contributed by atoms with E-state index in [1.165, 1.54) is 26.1 Å². The number of nitrogens with one attached hydrogen (secondary N) is 1. The molecular formula is C5H10N2S. The van der Waals surface area contributed by atoms with Crippen molar-refractivity contribution in [3.63, 3.8) is 0 Å². The molecular weight excluding hydrogens is 120 g/mol. The zero-order chi connectivity index (χ0) is 5.40. The van der Waals surface area contributed by atoms with E-state index in [1.807, 2.05) is 11.9 Å². The number of fused-ring (bicyclic) bond motifs is 1. The molecule has 0 aromatic carbocycles. The van der Waals surface area contributed by atoms with Crippen molar-refractivity contribution >= 4 is 11.9 Å². The molecule has 2 nitrogen and oxygen atoms in total. The first kappa shape index (κ1) is 5.09. The Morgan fingerprint density at radius 2 is 2.50 bits per heavy atom. The third kappa shape index (κ3) is 0.658. The van der Waals surface area contributed by atoms with Gasteiger partial charge in [-0.05, 0) is 6.42 Å². The number of hydrogen-bond donors (Lipinski definition) is 1. The minimum atomic E-state index is 0.823. The van der Waals surface area contributed by atoms with Crippen LogP contribution in [0.5, 0.6) is 0 Å². The van der Waals surface area contributed by atoms with Crippen LogP contribution < -0.4 is 4.72 Å². The van der Waals surface area contributed by atoms with E-state index in [1.54, 1.807) is 0 Å². The third-order valence-electron chi connectivity index (χ3n) is 1.79. The lowest BCUT2D eigenvalue weighted by atomic mass is 10.2. The lowest BCUT2D eigenvalue weighted by Crippen LogP contribution is -2.52. The summed E-state index contributed by atoms with van der Waals surface area (Å²) in [5.74, 6) is 0. The van der Waals surface area contributed by atoms with Crippen LogP contribution in [-0.4, -0.2) is 29.9 Å². The largest absolute Gasteiger partial charge is 0.289 e. The molecule has 0 saturated carbocycles. The van der Waals surface area contributed by atoms with Gasteiger partial charge in [0.1, 0.15) is 0 Å². The standard InChI is InChI=1S/C5H10N2S/c1-3-7-4-2-6-8-5(1)7/h5-6H,1-4H2. The van der Waals surface area contributed by atoms with E-state index in [4.69, 9.17) is 0 Å². The zero-order valence-electron chi connectivity index (χ0n) is 4.76. The molecule has 0 aromatic heterocycles. The van der Waals surface area contributed by atoms with Crippen molar-refractivity contribution in [3.05, 3.63) is 0 Å². The quantitative estimate of drug-likeness (QED) is 0.474. The summed E-state index contributed by atoms with van der Waals surface area (Å²) < 4.78 is 3.29. The van der Waals surface area contributed by atoms with Gasteiger partial charge in [0.2, 0.25) is 0 Å². The zero-order valence-corrected chi connectivity index (χ0v) is 5.58. The smallest absolute Gasteiger partial charge is 0.0716 e. The maximum absolute atomic E-state index is 3.29. The summed E-state index contributed by atoms with van der Waals surface area (Å²) in [6.45, 7) is 3.76. The van der Waals surface area contributed by atoms with Gasteiger partial charge in [0.25, 0.3) is 0 Å². The highest BCUT2D eigenvalue weighted by atomic mass is 32.2. The fourth-order valence-electron chi connectivity index (χ4n) is 1.15. The molecule has 2 saturated heterocycles. The first-order valence-corrected chi connectivity index (χ1v) is 3.97. The van der Waals surface area contributed by atoms with Crippen LogP contribution in [0, 0.1) is 0 Å².